The van der Waals surface area contributed by atoms with Crippen LogP contribution in [0.5, 0.6) is 0 Å². The minimum atomic E-state index is -0.450. The average Bonchev–Trinajstić information content (AvgIpc) is 2.88. The number of esters is 1. The molecule has 0 bridgehead atoms. The standard InChI is InChI=1S/C12H19N3O3/c1-2-17-11(16)10-8-18-12(14-10)15-6-4-3-5-9(15)7-13/h8-9H,2-7,13H2,1H3. The molecule has 1 aliphatic rings. The van der Waals surface area contributed by atoms with Crippen molar-refractivity contribution in [3.05, 3.63) is 12.0 Å². The molecule has 100 valence electrons. The van der Waals surface area contributed by atoms with Crippen molar-refractivity contribution < 1.29 is 13.9 Å². The van der Waals surface area contributed by atoms with Crippen LogP contribution in [0.2, 0.25) is 0 Å². The van der Waals surface area contributed by atoms with Crippen LogP contribution < -0.4 is 10.6 Å². The van der Waals surface area contributed by atoms with Crippen molar-refractivity contribution in [2.45, 2.75) is 32.2 Å². The van der Waals surface area contributed by atoms with E-state index in [1.807, 2.05) is 4.90 Å². The zero-order chi connectivity index (χ0) is 13.0. The molecule has 1 fully saturated rings. The van der Waals surface area contributed by atoms with E-state index in [4.69, 9.17) is 14.9 Å². The Morgan fingerprint density at radius 2 is 2.50 bits per heavy atom. The van der Waals surface area contributed by atoms with E-state index in [1.54, 1.807) is 6.92 Å². The van der Waals surface area contributed by atoms with Crippen LogP contribution in [0.1, 0.15) is 36.7 Å². The van der Waals surface area contributed by atoms with E-state index in [9.17, 15) is 4.79 Å². The SMILES string of the molecule is CCOC(=O)c1coc(N2CCCCC2CN)n1. The van der Waals surface area contributed by atoms with Gasteiger partial charge in [0, 0.05) is 19.1 Å². The lowest BCUT2D eigenvalue weighted by Gasteiger charge is -2.33. The van der Waals surface area contributed by atoms with Crippen LogP contribution >= 0.6 is 0 Å². The topological polar surface area (TPSA) is 81.6 Å². The summed E-state index contributed by atoms with van der Waals surface area (Å²) in [7, 11) is 0. The number of oxazole rings is 1. The molecular formula is C12H19N3O3. The van der Waals surface area contributed by atoms with Gasteiger partial charge in [-0.25, -0.2) is 4.79 Å². The zero-order valence-electron chi connectivity index (χ0n) is 10.6. The molecule has 6 nitrogen and oxygen atoms in total. The number of nitrogens with zero attached hydrogens (tertiary/aromatic N) is 2. The molecule has 0 radical (unpaired) electrons. The number of nitrogens with two attached hydrogens (primary N) is 1. The lowest BCUT2D eigenvalue weighted by Crippen LogP contribution is -2.44. The number of aromatic nitrogens is 1. The van der Waals surface area contributed by atoms with Gasteiger partial charge in [-0.3, -0.25) is 0 Å². The van der Waals surface area contributed by atoms with Crippen molar-refractivity contribution in [2.75, 3.05) is 24.6 Å². The van der Waals surface area contributed by atoms with E-state index in [0.717, 1.165) is 19.4 Å². The molecular weight excluding hydrogens is 234 g/mol. The molecule has 1 aromatic heterocycles. The number of anilines is 1. The molecule has 0 aliphatic carbocycles. The Kier molecular flexibility index (Phi) is 4.19. The first kappa shape index (κ1) is 12.9. The smallest absolute Gasteiger partial charge is 0.360 e. The molecule has 1 aromatic rings. The van der Waals surface area contributed by atoms with Crippen LogP contribution in [0.25, 0.3) is 0 Å². The van der Waals surface area contributed by atoms with Gasteiger partial charge in [0.15, 0.2) is 5.69 Å². The fourth-order valence-electron chi connectivity index (χ4n) is 2.19. The first-order valence-corrected chi connectivity index (χ1v) is 6.35. The largest absolute Gasteiger partial charge is 0.461 e. The molecule has 1 aliphatic heterocycles. The zero-order valence-corrected chi connectivity index (χ0v) is 10.6. The number of rotatable bonds is 4. The highest BCUT2D eigenvalue weighted by atomic mass is 16.5. The third-order valence-corrected chi connectivity index (χ3v) is 3.12. The highest BCUT2D eigenvalue weighted by Gasteiger charge is 2.26. The monoisotopic (exact) mass is 253 g/mol. The molecule has 18 heavy (non-hydrogen) atoms. The summed E-state index contributed by atoms with van der Waals surface area (Å²) >= 11 is 0. The van der Waals surface area contributed by atoms with Crippen LogP contribution in [0.3, 0.4) is 0 Å². The third-order valence-electron chi connectivity index (χ3n) is 3.12. The van der Waals surface area contributed by atoms with Gasteiger partial charge in [-0.1, -0.05) is 0 Å². The number of hydrogen-bond acceptors (Lipinski definition) is 6. The first-order valence-electron chi connectivity index (χ1n) is 6.35. The van der Waals surface area contributed by atoms with Crippen molar-refractivity contribution in [1.29, 1.82) is 0 Å². The maximum atomic E-state index is 11.5. The van der Waals surface area contributed by atoms with Gasteiger partial charge in [-0.15, -0.1) is 0 Å². The van der Waals surface area contributed by atoms with E-state index in [-0.39, 0.29) is 11.7 Å². The van der Waals surface area contributed by atoms with Crippen LogP contribution in [0.15, 0.2) is 10.7 Å². The average molecular weight is 253 g/mol. The molecule has 0 saturated carbocycles. The maximum absolute atomic E-state index is 11.5. The molecule has 0 spiro atoms. The molecule has 1 saturated heterocycles. The van der Waals surface area contributed by atoms with E-state index < -0.39 is 5.97 Å². The van der Waals surface area contributed by atoms with E-state index in [2.05, 4.69) is 4.98 Å². The summed E-state index contributed by atoms with van der Waals surface area (Å²) in [6.07, 6.45) is 4.64. The highest BCUT2D eigenvalue weighted by Crippen LogP contribution is 2.23. The molecule has 0 aromatic carbocycles. The van der Waals surface area contributed by atoms with E-state index in [0.29, 0.717) is 19.2 Å². The predicted molar refractivity (Wildman–Crippen MR) is 66.5 cm³/mol. The summed E-state index contributed by atoms with van der Waals surface area (Å²) in [6.45, 7) is 3.52. The van der Waals surface area contributed by atoms with Crippen LogP contribution in [-0.4, -0.2) is 36.7 Å². The van der Waals surface area contributed by atoms with Crippen molar-refractivity contribution >= 4 is 12.0 Å². The minimum absolute atomic E-state index is 0.216. The van der Waals surface area contributed by atoms with Crippen LogP contribution in [0, 0.1) is 0 Å². The second kappa shape index (κ2) is 5.86. The molecule has 2 heterocycles. The quantitative estimate of drug-likeness (QED) is 0.811. The van der Waals surface area contributed by atoms with Crippen molar-refractivity contribution in [1.82, 2.24) is 4.98 Å². The van der Waals surface area contributed by atoms with Gasteiger partial charge in [0.25, 0.3) is 6.01 Å². The summed E-state index contributed by atoms with van der Waals surface area (Å²) in [5.41, 5.74) is 5.96. The van der Waals surface area contributed by atoms with E-state index in [1.165, 1.54) is 12.7 Å². The van der Waals surface area contributed by atoms with Crippen molar-refractivity contribution in [2.24, 2.45) is 5.73 Å². The van der Waals surface area contributed by atoms with Gasteiger partial charge in [0.05, 0.1) is 6.61 Å². The number of piperidine rings is 1. The van der Waals surface area contributed by atoms with Gasteiger partial charge in [0.2, 0.25) is 0 Å². The third kappa shape index (κ3) is 2.64. The van der Waals surface area contributed by atoms with Crippen LogP contribution in [-0.2, 0) is 4.74 Å². The lowest BCUT2D eigenvalue weighted by atomic mass is 10.0. The predicted octanol–water partition coefficient (Wildman–Crippen LogP) is 1.17. The first-order chi connectivity index (χ1) is 8.76. The Hall–Kier alpha value is -1.56. The number of carbonyl (C=O) groups is 1. The maximum Gasteiger partial charge on any atom is 0.360 e. The Morgan fingerprint density at radius 1 is 1.67 bits per heavy atom. The number of carbonyl (C=O) groups excluding carboxylic acids is 1. The highest BCUT2D eigenvalue weighted by molar-refractivity contribution is 5.87. The van der Waals surface area contributed by atoms with Gasteiger partial charge in [0.1, 0.15) is 6.26 Å². The van der Waals surface area contributed by atoms with Crippen molar-refractivity contribution in [3.63, 3.8) is 0 Å². The summed E-state index contributed by atoms with van der Waals surface area (Å²) in [6, 6.07) is 0.709. The molecule has 2 N–H and O–H groups in total. The summed E-state index contributed by atoms with van der Waals surface area (Å²) < 4.78 is 10.2. The Bertz CT molecular complexity index is 405. The lowest BCUT2D eigenvalue weighted by molar-refractivity contribution is 0.0519. The normalized spacial score (nSPS) is 19.9. The Labute approximate surface area is 106 Å². The summed E-state index contributed by atoms with van der Waals surface area (Å²) in [5.74, 6) is -0.450. The number of ether oxygens (including phenoxy) is 1. The summed E-state index contributed by atoms with van der Waals surface area (Å²) in [4.78, 5) is 17.7. The van der Waals surface area contributed by atoms with Crippen molar-refractivity contribution in [3.8, 4) is 0 Å². The fourth-order valence-corrected chi connectivity index (χ4v) is 2.19. The Balaban J connectivity index is 2.10. The fraction of sp³-hybridized carbons (Fsp3) is 0.667. The minimum Gasteiger partial charge on any atom is -0.461 e. The molecule has 6 heteroatoms. The van der Waals surface area contributed by atoms with Crippen LogP contribution in [0.4, 0.5) is 6.01 Å². The molecule has 1 unspecified atom stereocenters. The van der Waals surface area contributed by atoms with E-state index >= 15 is 0 Å². The second-order valence-electron chi connectivity index (χ2n) is 4.31. The van der Waals surface area contributed by atoms with Gasteiger partial charge >= 0.3 is 5.97 Å². The summed E-state index contributed by atoms with van der Waals surface area (Å²) in [5, 5.41) is 0. The second-order valence-corrected chi connectivity index (χ2v) is 4.31. The molecule has 1 atom stereocenters. The van der Waals surface area contributed by atoms with Gasteiger partial charge in [-0.05, 0) is 26.2 Å². The van der Waals surface area contributed by atoms with Gasteiger partial charge in [-0.2, -0.15) is 4.98 Å². The molecule has 2 rings (SSSR count). The number of hydrogen-bond donors (Lipinski definition) is 1. The molecule has 0 amide bonds. The Morgan fingerprint density at radius 3 is 3.22 bits per heavy atom. The van der Waals surface area contributed by atoms with Gasteiger partial charge < -0.3 is 19.8 Å².